The highest BCUT2D eigenvalue weighted by atomic mass is 19.1. The van der Waals surface area contributed by atoms with E-state index in [0.717, 1.165) is 0 Å². The molecular weight excluding hydrogens is 349 g/mol. The van der Waals surface area contributed by atoms with Crippen molar-refractivity contribution in [3.8, 4) is 0 Å². The van der Waals surface area contributed by atoms with Gasteiger partial charge in [-0.25, -0.2) is 4.39 Å². The summed E-state index contributed by atoms with van der Waals surface area (Å²) in [5.74, 6) is -0.543. The van der Waals surface area contributed by atoms with Crippen LogP contribution in [0.15, 0.2) is 54.6 Å². The highest BCUT2D eigenvalue weighted by Crippen LogP contribution is 2.28. The minimum absolute atomic E-state index is 0.0626. The number of hydrogen-bond donors (Lipinski definition) is 0. The lowest BCUT2D eigenvalue weighted by Crippen LogP contribution is -2.48. The van der Waals surface area contributed by atoms with E-state index < -0.39 is 4.92 Å². The first-order valence-electron chi connectivity index (χ1n) is 8.68. The molecule has 7 heteroatoms. The Labute approximate surface area is 156 Å². The van der Waals surface area contributed by atoms with Gasteiger partial charge in [0.2, 0.25) is 5.91 Å². The second-order valence-electron chi connectivity index (χ2n) is 6.37. The van der Waals surface area contributed by atoms with E-state index in [2.05, 4.69) is 0 Å². The smallest absolute Gasteiger partial charge is 0.292 e. The maximum absolute atomic E-state index is 13.8. The zero-order chi connectivity index (χ0) is 19.4. The minimum atomic E-state index is -0.395. The fraction of sp³-hybridized carbons (Fsp3) is 0.250. The van der Waals surface area contributed by atoms with Gasteiger partial charge in [0.25, 0.3) is 5.69 Å². The molecule has 140 valence electrons. The average Bonchev–Trinajstić information content (AvgIpc) is 2.68. The molecule has 0 radical (unpaired) electrons. The molecule has 0 atom stereocenters. The zero-order valence-corrected chi connectivity index (χ0v) is 15.0. The Hall–Kier alpha value is -3.22. The number of hydrogen-bond acceptors (Lipinski definition) is 4. The second-order valence-corrected chi connectivity index (χ2v) is 6.37. The Morgan fingerprint density at radius 2 is 1.70 bits per heavy atom. The van der Waals surface area contributed by atoms with E-state index in [9.17, 15) is 19.3 Å². The van der Waals surface area contributed by atoms with Crippen molar-refractivity contribution in [2.75, 3.05) is 31.1 Å². The zero-order valence-electron chi connectivity index (χ0n) is 15.0. The SMILES string of the molecule is CC(=CC(=O)N1CCN(c2ccccc2[N+](=O)[O-])CC1)c1ccccc1F. The molecule has 1 aliphatic rings. The van der Waals surface area contributed by atoms with Gasteiger partial charge in [0.05, 0.1) is 4.92 Å². The molecule has 1 heterocycles. The third-order valence-corrected chi connectivity index (χ3v) is 4.65. The number of nitro groups is 1. The summed E-state index contributed by atoms with van der Waals surface area (Å²) in [5, 5.41) is 11.2. The number of carbonyl (C=O) groups is 1. The first-order chi connectivity index (χ1) is 13.0. The molecule has 6 nitrogen and oxygen atoms in total. The number of allylic oxidation sites excluding steroid dienone is 1. The third kappa shape index (κ3) is 4.13. The van der Waals surface area contributed by atoms with Crippen molar-refractivity contribution in [2.24, 2.45) is 0 Å². The van der Waals surface area contributed by atoms with Crippen LogP contribution in [0.2, 0.25) is 0 Å². The molecule has 2 aromatic carbocycles. The maximum Gasteiger partial charge on any atom is 0.292 e. The molecule has 0 aliphatic carbocycles. The van der Waals surface area contributed by atoms with Crippen molar-refractivity contribution >= 4 is 22.9 Å². The van der Waals surface area contributed by atoms with Crippen molar-refractivity contribution in [2.45, 2.75) is 6.92 Å². The minimum Gasteiger partial charge on any atom is -0.362 e. The molecule has 0 saturated carbocycles. The monoisotopic (exact) mass is 369 g/mol. The summed E-state index contributed by atoms with van der Waals surface area (Å²) >= 11 is 0. The number of rotatable bonds is 4. The molecule has 0 bridgehead atoms. The van der Waals surface area contributed by atoms with Crippen molar-refractivity contribution in [3.63, 3.8) is 0 Å². The summed E-state index contributed by atoms with van der Waals surface area (Å²) < 4.78 is 13.8. The molecule has 27 heavy (non-hydrogen) atoms. The fourth-order valence-electron chi connectivity index (χ4n) is 3.19. The Balaban J connectivity index is 1.67. The average molecular weight is 369 g/mol. The Bertz CT molecular complexity index is 890. The van der Waals surface area contributed by atoms with Gasteiger partial charge in [-0.3, -0.25) is 14.9 Å². The van der Waals surface area contributed by atoms with Crippen LogP contribution in [0, 0.1) is 15.9 Å². The normalized spacial score (nSPS) is 15.0. The highest BCUT2D eigenvalue weighted by Gasteiger charge is 2.24. The first-order valence-corrected chi connectivity index (χ1v) is 8.68. The van der Waals surface area contributed by atoms with Crippen LogP contribution in [0.3, 0.4) is 0 Å². The van der Waals surface area contributed by atoms with Gasteiger partial charge < -0.3 is 9.80 Å². The summed E-state index contributed by atoms with van der Waals surface area (Å²) in [6.45, 7) is 3.62. The summed E-state index contributed by atoms with van der Waals surface area (Å²) in [7, 11) is 0. The molecule has 0 unspecified atom stereocenters. The number of nitrogens with zero attached hydrogens (tertiary/aromatic N) is 3. The number of halogens is 1. The molecule has 0 spiro atoms. The van der Waals surface area contributed by atoms with E-state index in [-0.39, 0.29) is 17.4 Å². The number of piperazine rings is 1. The molecular formula is C20H20FN3O3. The Morgan fingerprint density at radius 3 is 2.37 bits per heavy atom. The standard InChI is InChI=1S/C20H20FN3O3/c1-15(16-6-2-3-7-17(16)21)14-20(25)23-12-10-22(11-13-23)18-8-4-5-9-19(18)24(26)27/h2-9,14H,10-13H2,1H3. The number of anilines is 1. The molecule has 0 N–H and O–H groups in total. The largest absolute Gasteiger partial charge is 0.362 e. The predicted molar refractivity (Wildman–Crippen MR) is 102 cm³/mol. The molecule has 3 rings (SSSR count). The van der Waals surface area contributed by atoms with Gasteiger partial charge in [-0.2, -0.15) is 0 Å². The highest BCUT2D eigenvalue weighted by molar-refractivity contribution is 5.95. The number of nitro benzene ring substituents is 1. The molecule has 1 aliphatic heterocycles. The molecule has 1 fully saturated rings. The Kier molecular flexibility index (Phi) is 5.49. The lowest BCUT2D eigenvalue weighted by Gasteiger charge is -2.35. The van der Waals surface area contributed by atoms with Crippen LogP contribution in [0.4, 0.5) is 15.8 Å². The van der Waals surface area contributed by atoms with Gasteiger partial charge in [0.15, 0.2) is 0 Å². The van der Waals surface area contributed by atoms with Crippen molar-refractivity contribution in [3.05, 3.63) is 76.1 Å². The molecule has 2 aromatic rings. The number of benzene rings is 2. The number of para-hydroxylation sites is 2. The number of carbonyl (C=O) groups excluding carboxylic acids is 1. The van der Waals surface area contributed by atoms with E-state index in [0.29, 0.717) is 43.0 Å². The Morgan fingerprint density at radius 1 is 1.07 bits per heavy atom. The van der Waals surface area contributed by atoms with E-state index in [1.807, 2.05) is 4.90 Å². The predicted octanol–water partition coefficient (Wildman–Crippen LogP) is 3.49. The van der Waals surface area contributed by atoms with Crippen LogP contribution in [-0.4, -0.2) is 41.9 Å². The molecule has 0 aromatic heterocycles. The van der Waals surface area contributed by atoms with Gasteiger partial charge in [-0.15, -0.1) is 0 Å². The van der Waals surface area contributed by atoms with E-state index in [1.54, 1.807) is 48.2 Å². The second kappa shape index (κ2) is 7.99. The molecule has 1 amide bonds. The quantitative estimate of drug-likeness (QED) is 0.470. The van der Waals surface area contributed by atoms with Gasteiger partial charge >= 0.3 is 0 Å². The lowest BCUT2D eigenvalue weighted by atomic mass is 10.1. The van der Waals surface area contributed by atoms with E-state index in [4.69, 9.17) is 0 Å². The van der Waals surface area contributed by atoms with Crippen LogP contribution < -0.4 is 4.90 Å². The third-order valence-electron chi connectivity index (χ3n) is 4.65. The van der Waals surface area contributed by atoms with Crippen LogP contribution >= 0.6 is 0 Å². The summed E-state index contributed by atoms with van der Waals surface area (Å²) in [6.07, 6.45) is 1.44. The van der Waals surface area contributed by atoms with Gasteiger partial charge in [-0.05, 0) is 24.6 Å². The van der Waals surface area contributed by atoms with Crippen molar-refractivity contribution in [1.82, 2.24) is 4.90 Å². The first kappa shape index (κ1) is 18.6. The van der Waals surface area contributed by atoms with Crippen LogP contribution in [-0.2, 0) is 4.79 Å². The lowest BCUT2D eigenvalue weighted by molar-refractivity contribution is -0.384. The van der Waals surface area contributed by atoms with Gasteiger partial charge in [-0.1, -0.05) is 30.3 Å². The maximum atomic E-state index is 13.8. The van der Waals surface area contributed by atoms with Crippen LogP contribution in [0.5, 0.6) is 0 Å². The van der Waals surface area contributed by atoms with Gasteiger partial charge in [0.1, 0.15) is 11.5 Å². The topological polar surface area (TPSA) is 66.7 Å². The molecule has 1 saturated heterocycles. The van der Waals surface area contributed by atoms with E-state index in [1.165, 1.54) is 18.2 Å². The van der Waals surface area contributed by atoms with Crippen molar-refractivity contribution < 1.29 is 14.1 Å². The van der Waals surface area contributed by atoms with Crippen LogP contribution in [0.25, 0.3) is 5.57 Å². The summed E-state index contributed by atoms with van der Waals surface area (Å²) in [5.41, 5.74) is 1.60. The van der Waals surface area contributed by atoms with E-state index >= 15 is 0 Å². The van der Waals surface area contributed by atoms with Crippen molar-refractivity contribution in [1.29, 1.82) is 0 Å². The van der Waals surface area contributed by atoms with Gasteiger partial charge in [0, 0.05) is 43.9 Å². The fourth-order valence-corrected chi connectivity index (χ4v) is 3.19. The summed E-state index contributed by atoms with van der Waals surface area (Å²) in [4.78, 5) is 26.9. The van der Waals surface area contributed by atoms with Crippen LogP contribution in [0.1, 0.15) is 12.5 Å². The number of amides is 1. The summed E-state index contributed by atoms with van der Waals surface area (Å²) in [6, 6.07) is 12.9.